The summed E-state index contributed by atoms with van der Waals surface area (Å²) in [6, 6.07) is 5.42. The fraction of sp³-hybridized carbons (Fsp3) is 0.214. The van der Waals surface area contributed by atoms with Crippen LogP contribution in [0.3, 0.4) is 0 Å². The minimum Gasteiger partial charge on any atom is -0.510 e. The average Bonchev–Trinajstić information content (AvgIpc) is 2.92. The summed E-state index contributed by atoms with van der Waals surface area (Å²) in [6.07, 6.45) is 4.30. The third-order valence-electron chi connectivity index (χ3n) is 3.43. The van der Waals surface area contributed by atoms with Crippen LogP contribution in [0, 0.1) is 5.82 Å². The number of rotatable bonds is 2. The molecule has 0 unspecified atom stereocenters. The molecule has 3 rings (SSSR count). The number of aliphatic hydroxyl groups is 1. The molecule has 0 spiro atoms. The van der Waals surface area contributed by atoms with Gasteiger partial charge in [-0.15, -0.1) is 0 Å². The van der Waals surface area contributed by atoms with Crippen LogP contribution in [0.25, 0.3) is 0 Å². The fourth-order valence-electron chi connectivity index (χ4n) is 2.53. The van der Waals surface area contributed by atoms with Gasteiger partial charge in [-0.2, -0.15) is 5.10 Å². The van der Waals surface area contributed by atoms with E-state index in [2.05, 4.69) is 10.1 Å². The molecule has 6 heteroatoms. The van der Waals surface area contributed by atoms with Gasteiger partial charge >= 0.3 is 0 Å². The van der Waals surface area contributed by atoms with Gasteiger partial charge in [-0.3, -0.25) is 4.79 Å². The van der Waals surface area contributed by atoms with Gasteiger partial charge < -0.3 is 5.11 Å². The van der Waals surface area contributed by atoms with Crippen LogP contribution < -0.4 is 0 Å². The van der Waals surface area contributed by atoms with Crippen molar-refractivity contribution >= 4 is 5.78 Å². The Hall–Kier alpha value is -2.50. The number of carbonyl (C=O) groups is 1. The van der Waals surface area contributed by atoms with E-state index in [1.807, 2.05) is 0 Å². The van der Waals surface area contributed by atoms with E-state index in [1.54, 1.807) is 12.1 Å². The summed E-state index contributed by atoms with van der Waals surface area (Å²) in [5.41, 5.74) is 0.778. The van der Waals surface area contributed by atoms with Crippen LogP contribution in [0.4, 0.5) is 4.39 Å². The van der Waals surface area contributed by atoms with E-state index >= 15 is 0 Å². The van der Waals surface area contributed by atoms with Crippen LogP contribution in [0.5, 0.6) is 0 Å². The van der Waals surface area contributed by atoms with Crippen molar-refractivity contribution in [1.82, 2.24) is 14.8 Å². The van der Waals surface area contributed by atoms with E-state index in [0.717, 1.165) is 5.56 Å². The first kappa shape index (κ1) is 12.5. The molecule has 1 aromatic heterocycles. The Morgan fingerprint density at radius 2 is 2.05 bits per heavy atom. The smallest absolute Gasteiger partial charge is 0.159 e. The quantitative estimate of drug-likeness (QED) is 0.910. The first-order valence-corrected chi connectivity index (χ1v) is 6.18. The van der Waals surface area contributed by atoms with E-state index in [4.69, 9.17) is 0 Å². The van der Waals surface area contributed by atoms with Crippen molar-refractivity contribution in [2.24, 2.45) is 0 Å². The van der Waals surface area contributed by atoms with Gasteiger partial charge in [-0.05, 0) is 17.7 Å². The van der Waals surface area contributed by atoms with Crippen LogP contribution >= 0.6 is 0 Å². The van der Waals surface area contributed by atoms with Gasteiger partial charge in [-0.25, -0.2) is 14.1 Å². The Morgan fingerprint density at radius 3 is 2.70 bits per heavy atom. The zero-order valence-electron chi connectivity index (χ0n) is 10.5. The van der Waals surface area contributed by atoms with Crippen molar-refractivity contribution in [1.29, 1.82) is 0 Å². The lowest BCUT2D eigenvalue weighted by Gasteiger charge is -2.29. The summed E-state index contributed by atoms with van der Waals surface area (Å²) >= 11 is 0. The number of aliphatic hydroxyl groups excluding tert-OH is 1. The molecule has 0 amide bonds. The Morgan fingerprint density at radius 1 is 1.30 bits per heavy atom. The number of ketones is 1. The summed E-state index contributed by atoms with van der Waals surface area (Å²) in [5.74, 6) is -0.850. The second-order valence-electron chi connectivity index (χ2n) is 4.72. The monoisotopic (exact) mass is 273 g/mol. The fourth-order valence-corrected chi connectivity index (χ4v) is 2.53. The Labute approximate surface area is 114 Å². The van der Waals surface area contributed by atoms with E-state index in [0.29, 0.717) is 0 Å². The summed E-state index contributed by atoms with van der Waals surface area (Å²) < 4.78 is 14.5. The minimum atomic E-state index is -0.499. The third-order valence-corrected chi connectivity index (χ3v) is 3.43. The van der Waals surface area contributed by atoms with Crippen molar-refractivity contribution in [3.05, 3.63) is 60.1 Å². The first-order valence-electron chi connectivity index (χ1n) is 6.18. The second kappa shape index (κ2) is 4.88. The number of nitrogens with zero attached hydrogens (tertiary/aromatic N) is 3. The highest BCUT2D eigenvalue weighted by Crippen LogP contribution is 2.38. The third kappa shape index (κ3) is 2.20. The molecule has 1 aromatic carbocycles. The maximum absolute atomic E-state index is 13.0. The van der Waals surface area contributed by atoms with Gasteiger partial charge in [0, 0.05) is 18.4 Å². The highest BCUT2D eigenvalue weighted by molar-refractivity contribution is 5.92. The van der Waals surface area contributed by atoms with Crippen molar-refractivity contribution in [3.63, 3.8) is 0 Å². The van der Waals surface area contributed by atoms with Crippen molar-refractivity contribution in [2.45, 2.75) is 18.4 Å². The number of hydrogen-bond donors (Lipinski definition) is 1. The summed E-state index contributed by atoms with van der Waals surface area (Å²) in [5, 5.41) is 14.1. The normalized spacial score (nSPS) is 22.6. The molecule has 1 aliphatic carbocycles. The Bertz CT molecular complexity index is 650. The van der Waals surface area contributed by atoms with Gasteiger partial charge in [-0.1, -0.05) is 12.1 Å². The lowest BCUT2D eigenvalue weighted by atomic mass is 9.82. The molecule has 1 N–H and O–H groups in total. The molecule has 1 aliphatic rings. The number of hydrogen-bond acceptors (Lipinski definition) is 4. The van der Waals surface area contributed by atoms with E-state index in [1.165, 1.54) is 35.5 Å². The number of aromatic nitrogens is 3. The lowest BCUT2D eigenvalue weighted by molar-refractivity contribution is -0.116. The summed E-state index contributed by atoms with van der Waals surface area (Å²) in [6.45, 7) is 0. The zero-order valence-corrected chi connectivity index (χ0v) is 10.5. The molecule has 0 radical (unpaired) electrons. The summed E-state index contributed by atoms with van der Waals surface area (Å²) in [4.78, 5) is 15.5. The Balaban J connectivity index is 2.04. The molecule has 0 saturated heterocycles. The van der Waals surface area contributed by atoms with Crippen LogP contribution in [0.1, 0.15) is 23.9 Å². The Kier molecular flexibility index (Phi) is 3.06. The molecule has 2 aromatic rings. The lowest BCUT2D eigenvalue weighted by Crippen LogP contribution is -2.27. The average molecular weight is 273 g/mol. The predicted molar refractivity (Wildman–Crippen MR) is 68.5 cm³/mol. The molecular weight excluding hydrogens is 261 g/mol. The van der Waals surface area contributed by atoms with E-state index in [9.17, 15) is 14.3 Å². The van der Waals surface area contributed by atoms with Crippen LogP contribution in [0.2, 0.25) is 0 Å². The number of halogens is 1. The van der Waals surface area contributed by atoms with Gasteiger partial charge in [0.2, 0.25) is 0 Å². The van der Waals surface area contributed by atoms with Crippen molar-refractivity contribution < 1.29 is 14.3 Å². The molecule has 1 heterocycles. The molecule has 5 nitrogen and oxygen atoms in total. The first-order chi connectivity index (χ1) is 9.65. The van der Waals surface area contributed by atoms with E-state index < -0.39 is 6.04 Å². The minimum absolute atomic E-state index is 0.0546. The number of carbonyl (C=O) groups excluding carboxylic acids is 1. The van der Waals surface area contributed by atoms with Crippen molar-refractivity contribution in [2.75, 3.05) is 0 Å². The molecular formula is C14H12FN3O2. The van der Waals surface area contributed by atoms with Crippen LogP contribution in [-0.4, -0.2) is 25.7 Å². The molecule has 0 saturated carbocycles. The standard InChI is InChI=1S/C14H12FN3O2/c15-10-3-1-9(2-4-10)12-5-11(19)6-13(20)14(12)18-8-16-7-17-18/h1-4,6-8,12,14,20H,5H2/t12-,14+/m1/s1. The predicted octanol–water partition coefficient (Wildman–Crippen LogP) is 2.16. The van der Waals surface area contributed by atoms with Gasteiger partial charge in [0.05, 0.1) is 0 Å². The van der Waals surface area contributed by atoms with Crippen LogP contribution in [-0.2, 0) is 4.79 Å². The second-order valence-corrected chi connectivity index (χ2v) is 4.72. The highest BCUT2D eigenvalue weighted by atomic mass is 19.1. The molecule has 0 fully saturated rings. The van der Waals surface area contributed by atoms with Crippen molar-refractivity contribution in [3.8, 4) is 0 Å². The summed E-state index contributed by atoms with van der Waals surface area (Å²) in [7, 11) is 0. The number of allylic oxidation sites excluding steroid dienone is 2. The molecule has 20 heavy (non-hydrogen) atoms. The van der Waals surface area contributed by atoms with Gasteiger partial charge in [0.25, 0.3) is 0 Å². The molecule has 102 valence electrons. The zero-order chi connectivity index (χ0) is 14.1. The van der Waals surface area contributed by atoms with Crippen LogP contribution in [0.15, 0.2) is 48.8 Å². The highest BCUT2D eigenvalue weighted by Gasteiger charge is 2.34. The van der Waals surface area contributed by atoms with Gasteiger partial charge in [0.15, 0.2) is 5.78 Å². The molecule has 2 atom stereocenters. The van der Waals surface area contributed by atoms with E-state index in [-0.39, 0.29) is 29.7 Å². The SMILES string of the molecule is O=C1C=C(O)[C@@H](n2cncn2)[C@@H](c2ccc(F)cc2)C1. The maximum atomic E-state index is 13.0. The number of benzene rings is 1. The largest absolute Gasteiger partial charge is 0.510 e. The molecule has 0 aliphatic heterocycles. The molecule has 0 bridgehead atoms. The topological polar surface area (TPSA) is 68.0 Å². The van der Waals surface area contributed by atoms with Gasteiger partial charge in [0.1, 0.15) is 30.3 Å². The maximum Gasteiger partial charge on any atom is 0.159 e.